The molecule has 0 rings (SSSR count). The van der Waals surface area contributed by atoms with Gasteiger partial charge in [-0.25, -0.2) is 4.57 Å². The molecule has 0 fully saturated rings. The Labute approximate surface area is 128 Å². The van der Waals surface area contributed by atoms with E-state index in [2.05, 4.69) is 9.84 Å². The molecule has 0 aliphatic rings. The molecule has 0 aliphatic carbocycles. The fraction of sp³-hybridized carbons (Fsp3) is 0.909. The summed E-state index contributed by atoms with van der Waals surface area (Å²) in [6, 6.07) is 0. The summed E-state index contributed by atoms with van der Waals surface area (Å²) in [5, 5.41) is 2.87. The maximum absolute atomic E-state index is 11.4. The topological polar surface area (TPSA) is 84.9 Å². The Morgan fingerprint density at radius 3 is 2.65 bits per heavy atom. The predicted molar refractivity (Wildman–Crippen MR) is 84.9 cm³/mol. The molecule has 0 aromatic rings. The van der Waals surface area contributed by atoms with E-state index in [1.54, 1.807) is 21.6 Å². The van der Waals surface area contributed by atoms with Crippen LogP contribution in [0.2, 0.25) is 0 Å². The van der Waals surface area contributed by atoms with E-state index in [1.807, 2.05) is 6.26 Å². The van der Waals surface area contributed by atoms with Gasteiger partial charge in [-0.05, 0) is 19.1 Å². The highest BCUT2D eigenvalue weighted by Gasteiger charge is 2.17. The minimum atomic E-state index is -3.82. The summed E-state index contributed by atoms with van der Waals surface area (Å²) in [5.41, 5.74) is 0. The van der Waals surface area contributed by atoms with Crippen LogP contribution in [0, 0.1) is 0 Å². The fourth-order valence-corrected chi connectivity index (χ4v) is 3.00. The van der Waals surface area contributed by atoms with E-state index >= 15 is 0 Å². The third-order valence-electron chi connectivity index (χ3n) is 2.41. The first-order valence-corrected chi connectivity index (χ1v) is 10.7. The molecular formula is C11H24NO5PS2. The van der Waals surface area contributed by atoms with E-state index in [4.69, 9.17) is 9.42 Å². The van der Waals surface area contributed by atoms with Crippen LogP contribution in [0.4, 0.5) is 0 Å². The minimum Gasteiger partial charge on any atom is -0.356 e. The Balaban J connectivity index is 3.28. The number of rotatable bonds is 13. The molecule has 6 nitrogen and oxygen atoms in total. The van der Waals surface area contributed by atoms with Gasteiger partial charge in [0.25, 0.3) is 0 Å². The van der Waals surface area contributed by atoms with Crippen LogP contribution in [-0.4, -0.2) is 43.1 Å². The highest BCUT2D eigenvalue weighted by Crippen LogP contribution is 2.41. The second-order valence-electron chi connectivity index (χ2n) is 3.99. The monoisotopic (exact) mass is 345 g/mol. The second kappa shape index (κ2) is 13.0. The molecule has 9 heteroatoms. The zero-order valence-electron chi connectivity index (χ0n) is 12.0. The molecule has 1 amide bonds. The van der Waals surface area contributed by atoms with Gasteiger partial charge in [-0.1, -0.05) is 34.4 Å². The van der Waals surface area contributed by atoms with Gasteiger partial charge in [-0.3, -0.25) is 13.8 Å². The van der Waals surface area contributed by atoms with Gasteiger partial charge < -0.3 is 10.2 Å². The lowest BCUT2D eigenvalue weighted by Crippen LogP contribution is -2.24. The number of hydrogen-bond donors (Lipinski definition) is 2. The summed E-state index contributed by atoms with van der Waals surface area (Å²) < 4.78 is 19.9. The Hall–Kier alpha value is 0.280. The van der Waals surface area contributed by atoms with Crippen LogP contribution in [0.5, 0.6) is 0 Å². The van der Waals surface area contributed by atoms with Gasteiger partial charge in [0, 0.05) is 25.8 Å². The van der Waals surface area contributed by atoms with E-state index < -0.39 is 7.82 Å². The van der Waals surface area contributed by atoms with Gasteiger partial charge in [0.1, 0.15) is 0 Å². The normalized spacial score (nSPS) is 13.9. The number of amides is 1. The smallest absolute Gasteiger partial charge is 0.356 e. The Morgan fingerprint density at radius 1 is 1.30 bits per heavy atom. The van der Waals surface area contributed by atoms with Crippen LogP contribution in [-0.2, 0) is 18.4 Å². The molecule has 0 spiro atoms. The van der Waals surface area contributed by atoms with Crippen LogP contribution in [0.3, 0.4) is 0 Å². The highest BCUT2D eigenvalue weighted by atomic mass is 33.1. The maximum Gasteiger partial charge on any atom is 0.471 e. The SMILES string of the molecule is COP(=O)(O)OCCCCCCNC(=O)CCSSC. The third kappa shape index (κ3) is 13.3. The molecule has 0 heterocycles. The quantitative estimate of drug-likeness (QED) is 0.302. The number of nitrogens with one attached hydrogen (secondary N) is 1. The molecule has 0 aromatic heterocycles. The predicted octanol–water partition coefficient (Wildman–Crippen LogP) is 2.83. The maximum atomic E-state index is 11.4. The number of carbonyl (C=O) groups excluding carboxylic acids is 1. The summed E-state index contributed by atoms with van der Waals surface area (Å²) >= 11 is 0. The molecule has 120 valence electrons. The van der Waals surface area contributed by atoms with Gasteiger partial charge in [0.05, 0.1) is 6.61 Å². The van der Waals surface area contributed by atoms with Gasteiger partial charge in [-0.2, -0.15) is 0 Å². The third-order valence-corrected chi connectivity index (χ3v) is 5.19. The van der Waals surface area contributed by atoms with Crippen molar-refractivity contribution in [3.63, 3.8) is 0 Å². The molecule has 0 radical (unpaired) electrons. The van der Waals surface area contributed by atoms with Crippen molar-refractivity contribution in [2.75, 3.05) is 32.3 Å². The fourth-order valence-electron chi connectivity index (χ4n) is 1.35. The lowest BCUT2D eigenvalue weighted by molar-refractivity contribution is -0.120. The van der Waals surface area contributed by atoms with Crippen LogP contribution in [0.1, 0.15) is 32.1 Å². The van der Waals surface area contributed by atoms with E-state index in [0.29, 0.717) is 19.4 Å². The lowest BCUT2D eigenvalue weighted by Gasteiger charge is -2.08. The molecular weight excluding hydrogens is 321 g/mol. The molecule has 0 aliphatic heterocycles. The number of phosphoric ester groups is 1. The molecule has 20 heavy (non-hydrogen) atoms. The first-order chi connectivity index (χ1) is 9.52. The number of phosphoric acid groups is 1. The number of unbranched alkanes of at least 4 members (excludes halogenated alkanes) is 3. The molecule has 0 bridgehead atoms. The average Bonchev–Trinajstić information content (AvgIpc) is 2.42. The van der Waals surface area contributed by atoms with Crippen LogP contribution in [0.25, 0.3) is 0 Å². The van der Waals surface area contributed by atoms with Crippen molar-refractivity contribution in [2.24, 2.45) is 0 Å². The van der Waals surface area contributed by atoms with Crippen molar-refractivity contribution in [3.05, 3.63) is 0 Å². The minimum absolute atomic E-state index is 0.0937. The second-order valence-corrected chi connectivity index (χ2v) is 8.23. The van der Waals surface area contributed by atoms with E-state index in [-0.39, 0.29) is 12.5 Å². The van der Waals surface area contributed by atoms with Crippen molar-refractivity contribution in [1.29, 1.82) is 0 Å². The largest absolute Gasteiger partial charge is 0.471 e. The highest BCUT2D eigenvalue weighted by molar-refractivity contribution is 8.76. The summed E-state index contributed by atoms with van der Waals surface area (Å²) in [4.78, 5) is 20.3. The van der Waals surface area contributed by atoms with Gasteiger partial charge in [-0.15, -0.1) is 0 Å². The van der Waals surface area contributed by atoms with Crippen LogP contribution < -0.4 is 5.32 Å². The molecule has 1 unspecified atom stereocenters. The van der Waals surface area contributed by atoms with Crippen LogP contribution >= 0.6 is 29.4 Å². The number of carbonyl (C=O) groups is 1. The average molecular weight is 345 g/mol. The lowest BCUT2D eigenvalue weighted by atomic mass is 10.2. The van der Waals surface area contributed by atoms with Crippen molar-refractivity contribution in [3.8, 4) is 0 Å². The van der Waals surface area contributed by atoms with E-state index in [0.717, 1.165) is 32.1 Å². The zero-order valence-corrected chi connectivity index (χ0v) is 14.5. The summed E-state index contributed by atoms with van der Waals surface area (Å²) in [5.74, 6) is 0.932. The van der Waals surface area contributed by atoms with Gasteiger partial charge >= 0.3 is 7.82 Å². The zero-order chi connectivity index (χ0) is 15.3. The summed E-state index contributed by atoms with van der Waals surface area (Å²) in [7, 11) is 0.664. The van der Waals surface area contributed by atoms with Crippen molar-refractivity contribution in [2.45, 2.75) is 32.1 Å². The van der Waals surface area contributed by atoms with Crippen LogP contribution in [0.15, 0.2) is 0 Å². The first kappa shape index (κ1) is 20.3. The van der Waals surface area contributed by atoms with Crippen molar-refractivity contribution in [1.82, 2.24) is 5.32 Å². The Kier molecular flexibility index (Phi) is 13.2. The first-order valence-electron chi connectivity index (χ1n) is 6.47. The van der Waals surface area contributed by atoms with Crippen molar-refractivity contribution < 1.29 is 23.3 Å². The molecule has 0 saturated heterocycles. The summed E-state index contributed by atoms with van der Waals surface area (Å²) in [6.45, 7) is 0.889. The molecule has 1 atom stereocenters. The Bertz CT molecular complexity index is 307. The Morgan fingerprint density at radius 2 is 2.00 bits per heavy atom. The summed E-state index contributed by atoms with van der Waals surface area (Å²) in [6.07, 6.45) is 6.00. The number of hydrogen-bond acceptors (Lipinski definition) is 6. The van der Waals surface area contributed by atoms with Crippen molar-refractivity contribution >= 4 is 35.3 Å². The van der Waals surface area contributed by atoms with Gasteiger partial charge in [0.15, 0.2) is 0 Å². The standard InChI is InChI=1S/C11H24NO5PS2/c1-16-18(14,15)17-9-6-4-3-5-8-12-11(13)7-10-20-19-2/h3-10H2,1-2H3,(H,12,13)(H,14,15). The van der Waals surface area contributed by atoms with E-state index in [1.165, 1.54) is 0 Å². The molecule has 0 saturated carbocycles. The van der Waals surface area contributed by atoms with Gasteiger partial charge in [0.2, 0.25) is 5.91 Å². The van der Waals surface area contributed by atoms with E-state index in [9.17, 15) is 9.36 Å². The molecule has 2 N–H and O–H groups in total. The molecule has 0 aromatic carbocycles.